The van der Waals surface area contributed by atoms with Gasteiger partial charge in [0.05, 0.1) is 5.56 Å². The molecule has 0 aliphatic carbocycles. The average molecular weight is 201 g/mol. The van der Waals surface area contributed by atoms with Gasteiger partial charge >= 0.3 is 6.11 Å². The highest BCUT2D eigenvalue weighted by Crippen LogP contribution is 2.22. The molecule has 5 heteroatoms. The SMILES string of the molecule is CC(F)(F)Oc1ccc(C#N)c(F)c1. The summed E-state index contributed by atoms with van der Waals surface area (Å²) in [4.78, 5) is 0. The van der Waals surface area contributed by atoms with Crippen molar-refractivity contribution in [2.75, 3.05) is 0 Å². The van der Waals surface area contributed by atoms with Gasteiger partial charge in [-0.05, 0) is 12.1 Å². The highest BCUT2D eigenvalue weighted by molar-refractivity contribution is 5.36. The summed E-state index contributed by atoms with van der Waals surface area (Å²) in [6.45, 7) is 0.545. The van der Waals surface area contributed by atoms with Crippen molar-refractivity contribution in [1.82, 2.24) is 0 Å². The molecule has 0 amide bonds. The molecule has 0 aliphatic heterocycles. The van der Waals surface area contributed by atoms with E-state index in [0.717, 1.165) is 18.2 Å². The molecule has 0 saturated heterocycles. The van der Waals surface area contributed by atoms with Crippen LogP contribution in [0.4, 0.5) is 13.2 Å². The third-order valence-electron chi connectivity index (χ3n) is 1.36. The first-order valence-electron chi connectivity index (χ1n) is 3.69. The first kappa shape index (κ1) is 10.4. The number of hydrogen-bond donors (Lipinski definition) is 0. The molecule has 0 N–H and O–H groups in total. The molecule has 14 heavy (non-hydrogen) atoms. The molecule has 2 nitrogen and oxygen atoms in total. The minimum absolute atomic E-state index is 0.211. The lowest BCUT2D eigenvalue weighted by Gasteiger charge is -2.12. The first-order valence-corrected chi connectivity index (χ1v) is 3.69. The molecule has 0 saturated carbocycles. The fourth-order valence-electron chi connectivity index (χ4n) is 0.857. The van der Waals surface area contributed by atoms with E-state index in [9.17, 15) is 13.2 Å². The lowest BCUT2D eigenvalue weighted by molar-refractivity contribution is -0.159. The Morgan fingerprint density at radius 2 is 2.07 bits per heavy atom. The highest BCUT2D eigenvalue weighted by Gasteiger charge is 2.23. The molecule has 0 unspecified atom stereocenters. The molecule has 1 aromatic carbocycles. The van der Waals surface area contributed by atoms with Gasteiger partial charge in [0.1, 0.15) is 17.6 Å². The van der Waals surface area contributed by atoms with Gasteiger partial charge in [0.25, 0.3) is 0 Å². The monoisotopic (exact) mass is 201 g/mol. The standard InChI is InChI=1S/C9H6F3NO/c1-9(11,12)14-7-3-2-6(5-13)8(10)4-7/h2-4H,1H3. The average Bonchev–Trinajstić information content (AvgIpc) is 2.01. The maximum atomic E-state index is 12.9. The highest BCUT2D eigenvalue weighted by atomic mass is 19.3. The van der Waals surface area contributed by atoms with Gasteiger partial charge in [0, 0.05) is 13.0 Å². The largest absolute Gasteiger partial charge is 0.433 e. The number of benzene rings is 1. The van der Waals surface area contributed by atoms with E-state index in [-0.39, 0.29) is 11.3 Å². The van der Waals surface area contributed by atoms with Gasteiger partial charge in [0.2, 0.25) is 0 Å². The Bertz CT molecular complexity index is 379. The normalized spacial score (nSPS) is 10.8. The predicted molar refractivity (Wildman–Crippen MR) is 42.4 cm³/mol. The van der Waals surface area contributed by atoms with E-state index in [1.54, 1.807) is 6.07 Å². The fourth-order valence-corrected chi connectivity index (χ4v) is 0.857. The Morgan fingerprint density at radius 1 is 1.43 bits per heavy atom. The van der Waals surface area contributed by atoms with Crippen molar-refractivity contribution in [3.8, 4) is 11.8 Å². The van der Waals surface area contributed by atoms with Crippen LogP contribution in [0, 0.1) is 17.1 Å². The fraction of sp³-hybridized carbons (Fsp3) is 0.222. The second-order valence-electron chi connectivity index (χ2n) is 2.66. The zero-order chi connectivity index (χ0) is 10.8. The number of hydrogen-bond acceptors (Lipinski definition) is 2. The smallest absolute Gasteiger partial charge is 0.394 e. The molecular weight excluding hydrogens is 195 g/mol. The number of nitrogens with zero attached hydrogens (tertiary/aromatic N) is 1. The Kier molecular flexibility index (Phi) is 2.65. The summed E-state index contributed by atoms with van der Waals surface area (Å²) in [5.74, 6) is -1.19. The summed E-state index contributed by atoms with van der Waals surface area (Å²) in [5.41, 5.74) is -0.211. The predicted octanol–water partition coefficient (Wildman–Crippen LogP) is 2.69. The summed E-state index contributed by atoms with van der Waals surface area (Å²) in [7, 11) is 0. The van der Waals surface area contributed by atoms with Gasteiger partial charge in [-0.25, -0.2) is 4.39 Å². The third-order valence-corrected chi connectivity index (χ3v) is 1.36. The van der Waals surface area contributed by atoms with Gasteiger partial charge in [-0.2, -0.15) is 14.0 Å². The summed E-state index contributed by atoms with van der Waals surface area (Å²) in [6, 6.07) is 4.50. The van der Waals surface area contributed by atoms with Crippen molar-refractivity contribution in [1.29, 1.82) is 5.26 Å². The van der Waals surface area contributed by atoms with Crippen LogP contribution in [0.2, 0.25) is 0 Å². The van der Waals surface area contributed by atoms with E-state index < -0.39 is 11.9 Å². The molecule has 0 atom stereocenters. The van der Waals surface area contributed by atoms with Gasteiger partial charge in [-0.1, -0.05) is 0 Å². The molecule has 74 valence electrons. The second-order valence-corrected chi connectivity index (χ2v) is 2.66. The lowest BCUT2D eigenvalue weighted by atomic mass is 10.2. The molecule has 0 radical (unpaired) electrons. The molecule has 0 aliphatic rings. The molecule has 0 bridgehead atoms. The van der Waals surface area contributed by atoms with Crippen LogP contribution >= 0.6 is 0 Å². The van der Waals surface area contributed by atoms with Crippen molar-refractivity contribution < 1.29 is 17.9 Å². The van der Waals surface area contributed by atoms with E-state index in [1.807, 2.05) is 0 Å². The summed E-state index contributed by atoms with van der Waals surface area (Å²) >= 11 is 0. The van der Waals surface area contributed by atoms with Crippen LogP contribution < -0.4 is 4.74 Å². The number of halogens is 3. The van der Waals surface area contributed by atoms with Gasteiger partial charge in [0.15, 0.2) is 0 Å². The van der Waals surface area contributed by atoms with Crippen LogP contribution in [-0.2, 0) is 0 Å². The number of rotatable bonds is 2. The maximum absolute atomic E-state index is 12.9. The Balaban J connectivity index is 2.94. The van der Waals surface area contributed by atoms with Crippen LogP contribution in [0.3, 0.4) is 0 Å². The van der Waals surface area contributed by atoms with Crippen molar-refractivity contribution in [3.05, 3.63) is 29.6 Å². The topological polar surface area (TPSA) is 33.0 Å². The Hall–Kier alpha value is -1.70. The van der Waals surface area contributed by atoms with E-state index >= 15 is 0 Å². The van der Waals surface area contributed by atoms with Crippen LogP contribution in [0.15, 0.2) is 18.2 Å². The molecule has 0 fully saturated rings. The van der Waals surface area contributed by atoms with Crippen molar-refractivity contribution in [2.45, 2.75) is 13.0 Å². The lowest BCUT2D eigenvalue weighted by Crippen LogP contribution is -2.19. The van der Waals surface area contributed by atoms with E-state index in [1.165, 1.54) is 0 Å². The Labute approximate surface area is 78.5 Å². The third kappa shape index (κ3) is 2.66. The minimum atomic E-state index is -3.36. The molecule has 1 aromatic rings. The number of nitriles is 1. The van der Waals surface area contributed by atoms with Gasteiger partial charge in [-0.3, -0.25) is 0 Å². The molecule has 0 heterocycles. The van der Waals surface area contributed by atoms with Crippen LogP contribution in [0.25, 0.3) is 0 Å². The van der Waals surface area contributed by atoms with Crippen LogP contribution in [-0.4, -0.2) is 6.11 Å². The van der Waals surface area contributed by atoms with Gasteiger partial charge < -0.3 is 4.74 Å². The molecule has 0 spiro atoms. The van der Waals surface area contributed by atoms with E-state index in [2.05, 4.69) is 4.74 Å². The van der Waals surface area contributed by atoms with Crippen molar-refractivity contribution in [3.63, 3.8) is 0 Å². The zero-order valence-electron chi connectivity index (χ0n) is 7.22. The zero-order valence-corrected chi connectivity index (χ0v) is 7.22. The van der Waals surface area contributed by atoms with E-state index in [0.29, 0.717) is 6.92 Å². The quantitative estimate of drug-likeness (QED) is 0.736. The van der Waals surface area contributed by atoms with E-state index in [4.69, 9.17) is 5.26 Å². The minimum Gasteiger partial charge on any atom is -0.433 e. The van der Waals surface area contributed by atoms with Crippen molar-refractivity contribution in [2.24, 2.45) is 0 Å². The van der Waals surface area contributed by atoms with Crippen molar-refractivity contribution >= 4 is 0 Å². The summed E-state index contributed by atoms with van der Waals surface area (Å²) in [5, 5.41) is 8.36. The first-order chi connectivity index (χ1) is 6.42. The molecule has 1 rings (SSSR count). The molecule has 0 aromatic heterocycles. The summed E-state index contributed by atoms with van der Waals surface area (Å²) < 4.78 is 41.6. The van der Waals surface area contributed by atoms with Crippen LogP contribution in [0.5, 0.6) is 5.75 Å². The number of alkyl halides is 2. The molecular formula is C9H6F3NO. The second kappa shape index (κ2) is 3.58. The van der Waals surface area contributed by atoms with Crippen LogP contribution in [0.1, 0.15) is 12.5 Å². The Morgan fingerprint density at radius 3 is 2.50 bits per heavy atom. The summed E-state index contributed by atoms with van der Waals surface area (Å²) in [6.07, 6.45) is -3.36. The maximum Gasteiger partial charge on any atom is 0.394 e. The number of ether oxygens (including phenoxy) is 1. The van der Waals surface area contributed by atoms with Gasteiger partial charge in [-0.15, -0.1) is 0 Å².